The molecule has 2 atom stereocenters. The van der Waals surface area contributed by atoms with E-state index in [9.17, 15) is 50.8 Å². The van der Waals surface area contributed by atoms with Crippen LogP contribution in [0.5, 0.6) is 63.2 Å². The number of ether oxygens (including phenoxy) is 2. The number of phenols is 8. The van der Waals surface area contributed by atoms with Crippen LogP contribution in [0, 0.1) is 0 Å². The lowest BCUT2D eigenvalue weighted by Gasteiger charge is -2.34. The van der Waals surface area contributed by atoms with E-state index in [2.05, 4.69) is 0 Å². The first-order valence-electron chi connectivity index (χ1n) is 11.0. The summed E-state index contributed by atoms with van der Waals surface area (Å²) in [6.45, 7) is 0. The fraction of sp³-hybridized carbons (Fsp3) is 0.115. The third-order valence-corrected chi connectivity index (χ3v) is 6.20. The zero-order valence-corrected chi connectivity index (χ0v) is 19.2. The number of benzene rings is 3. The number of phenolic OH excluding ortho intramolecular Hbond substituents is 8. The Labute approximate surface area is 212 Å². The molecule has 12 heteroatoms. The van der Waals surface area contributed by atoms with E-state index in [1.165, 1.54) is 12.1 Å². The summed E-state index contributed by atoms with van der Waals surface area (Å²) >= 11 is 0. The Morgan fingerprint density at radius 1 is 0.684 bits per heavy atom. The fourth-order valence-corrected chi connectivity index (χ4v) is 4.41. The van der Waals surface area contributed by atoms with E-state index in [4.69, 9.17) is 9.47 Å². The molecule has 1 aliphatic heterocycles. The summed E-state index contributed by atoms with van der Waals surface area (Å²) in [6, 6.07) is 7.61. The normalized spacial score (nSPS) is 16.5. The molecule has 0 spiro atoms. The van der Waals surface area contributed by atoms with Gasteiger partial charge in [-0.25, -0.2) is 0 Å². The summed E-state index contributed by atoms with van der Waals surface area (Å²) < 4.78 is 11.9. The van der Waals surface area contributed by atoms with Gasteiger partial charge in [0.05, 0.1) is 5.39 Å². The maximum atomic E-state index is 12.8. The maximum Gasteiger partial charge on any atom is 0.221 e. The Morgan fingerprint density at radius 3 is 2.03 bits per heavy atom. The zero-order chi connectivity index (χ0) is 27.5. The molecule has 0 aromatic heterocycles. The predicted octanol–water partition coefficient (Wildman–Crippen LogP) is 2.67. The Bertz CT molecular complexity index is 1660. The lowest BCUT2D eigenvalue weighted by atomic mass is 9.94. The molecule has 2 unspecified atom stereocenters. The van der Waals surface area contributed by atoms with Crippen molar-refractivity contribution in [2.24, 2.45) is 0 Å². The van der Waals surface area contributed by atoms with Gasteiger partial charge in [0.15, 0.2) is 34.9 Å². The second kappa shape index (κ2) is 8.62. The molecule has 0 radical (unpaired) electrons. The predicted molar refractivity (Wildman–Crippen MR) is 130 cm³/mol. The minimum atomic E-state index is -1.21. The molecule has 0 amide bonds. The molecule has 0 bridgehead atoms. The minimum Gasteiger partial charge on any atom is -0.508 e. The van der Waals surface area contributed by atoms with Gasteiger partial charge in [-0.15, -0.1) is 0 Å². The van der Waals surface area contributed by atoms with Crippen LogP contribution in [-0.2, 0) is 6.42 Å². The van der Waals surface area contributed by atoms with Crippen molar-refractivity contribution < 1.29 is 55.4 Å². The van der Waals surface area contributed by atoms with Crippen molar-refractivity contribution >= 4 is 10.8 Å². The summed E-state index contributed by atoms with van der Waals surface area (Å²) in [6.07, 6.45) is -2.37. The van der Waals surface area contributed by atoms with Gasteiger partial charge >= 0.3 is 0 Å². The maximum absolute atomic E-state index is 12.8. The van der Waals surface area contributed by atoms with Crippen molar-refractivity contribution in [3.63, 3.8) is 0 Å². The first kappa shape index (κ1) is 24.3. The highest BCUT2D eigenvalue weighted by Gasteiger charge is 2.36. The molecule has 4 aromatic rings. The van der Waals surface area contributed by atoms with Crippen LogP contribution in [0.4, 0.5) is 0 Å². The monoisotopic (exact) mass is 524 g/mol. The Hall–Kier alpha value is -5.39. The summed E-state index contributed by atoms with van der Waals surface area (Å²) in [7, 11) is 0. The van der Waals surface area contributed by atoms with Gasteiger partial charge < -0.3 is 55.4 Å². The highest BCUT2D eigenvalue weighted by atomic mass is 16.5. The lowest BCUT2D eigenvalue weighted by molar-refractivity contribution is 0.0364. The first-order chi connectivity index (χ1) is 17.9. The second-order valence-electron chi connectivity index (χ2n) is 8.71. The van der Waals surface area contributed by atoms with E-state index in [0.717, 1.165) is 30.3 Å². The molecule has 1 aliphatic rings. The lowest BCUT2D eigenvalue weighted by Crippen LogP contribution is -2.35. The van der Waals surface area contributed by atoms with Crippen LogP contribution in [0.1, 0.15) is 17.2 Å². The molecule has 196 valence electrons. The molecular weight excluding hydrogens is 504 g/mol. The van der Waals surface area contributed by atoms with Crippen molar-refractivity contribution in [3.05, 3.63) is 63.8 Å². The standard InChI is InChI=1S/C26H20O12/c27-11-4-14(28)13-8-20(37-12-6-17(31)22(33)18(32)7-12)26(38-19(13)5-11)10-1-9-2-16(30)24(35)25(36)21(9)23(34)15(29)3-10/h1-7,20,26-28,30-33,35-36H,8H2,(H,29,34). The molecule has 0 fully saturated rings. The number of aromatic hydroxyl groups is 9. The van der Waals surface area contributed by atoms with Gasteiger partial charge in [0.1, 0.15) is 29.1 Å². The van der Waals surface area contributed by atoms with Crippen LogP contribution >= 0.6 is 0 Å². The molecule has 0 aliphatic carbocycles. The van der Waals surface area contributed by atoms with E-state index < -0.39 is 63.3 Å². The second-order valence-corrected chi connectivity index (χ2v) is 8.71. The fourth-order valence-electron chi connectivity index (χ4n) is 4.41. The van der Waals surface area contributed by atoms with Gasteiger partial charge in [0, 0.05) is 41.8 Å². The smallest absolute Gasteiger partial charge is 0.221 e. The van der Waals surface area contributed by atoms with Crippen LogP contribution in [0.2, 0.25) is 0 Å². The van der Waals surface area contributed by atoms with Gasteiger partial charge in [0.2, 0.25) is 16.9 Å². The summed E-state index contributed by atoms with van der Waals surface area (Å²) in [4.78, 5) is 12.8. The number of fused-ring (bicyclic) bond motifs is 2. The van der Waals surface area contributed by atoms with Gasteiger partial charge in [-0.1, -0.05) is 0 Å². The van der Waals surface area contributed by atoms with Crippen molar-refractivity contribution in [2.75, 3.05) is 0 Å². The van der Waals surface area contributed by atoms with Crippen LogP contribution in [-0.4, -0.2) is 52.1 Å². The first-order valence-corrected chi connectivity index (χ1v) is 11.0. The number of rotatable bonds is 3. The molecule has 0 saturated heterocycles. The molecule has 9 N–H and O–H groups in total. The van der Waals surface area contributed by atoms with Crippen LogP contribution in [0.25, 0.3) is 10.8 Å². The van der Waals surface area contributed by atoms with Crippen molar-refractivity contribution in [2.45, 2.75) is 18.6 Å². The van der Waals surface area contributed by atoms with E-state index in [1.54, 1.807) is 0 Å². The molecule has 38 heavy (non-hydrogen) atoms. The van der Waals surface area contributed by atoms with E-state index in [1.807, 2.05) is 0 Å². The van der Waals surface area contributed by atoms with E-state index in [0.29, 0.717) is 0 Å². The third kappa shape index (κ3) is 3.93. The van der Waals surface area contributed by atoms with Crippen molar-refractivity contribution in [3.8, 4) is 63.2 Å². The Balaban J connectivity index is 1.71. The van der Waals surface area contributed by atoms with Gasteiger partial charge in [-0.05, 0) is 23.6 Å². The SMILES string of the molecule is O=c1cc(C2Oc3cc(O)cc(O)c3CC2Oc2cc(O)c(O)c(O)c2)cc2cc(O)c(O)c(O)c2c1O. The average molecular weight is 524 g/mol. The topological polar surface area (TPSA) is 218 Å². The van der Waals surface area contributed by atoms with Gasteiger partial charge in [0.25, 0.3) is 0 Å². The quantitative estimate of drug-likeness (QED) is 0.177. The summed E-state index contributed by atoms with van der Waals surface area (Å²) in [5, 5.41) is 89.9. The molecule has 4 aromatic carbocycles. The molecular formula is C26H20O12. The highest BCUT2D eigenvalue weighted by molar-refractivity contribution is 5.96. The molecule has 1 heterocycles. The summed E-state index contributed by atoms with van der Waals surface area (Å²) in [5.74, 6) is -6.37. The molecule has 5 rings (SSSR count). The van der Waals surface area contributed by atoms with E-state index in [-0.39, 0.29) is 45.9 Å². The van der Waals surface area contributed by atoms with Gasteiger partial charge in [-0.2, -0.15) is 0 Å². The van der Waals surface area contributed by atoms with Crippen LogP contribution < -0.4 is 14.9 Å². The number of hydrogen-bond acceptors (Lipinski definition) is 12. The van der Waals surface area contributed by atoms with Crippen LogP contribution in [0.3, 0.4) is 0 Å². The van der Waals surface area contributed by atoms with E-state index >= 15 is 0 Å². The van der Waals surface area contributed by atoms with Crippen molar-refractivity contribution in [1.29, 1.82) is 0 Å². The zero-order valence-electron chi connectivity index (χ0n) is 19.2. The minimum absolute atomic E-state index is 0.0413. The summed E-state index contributed by atoms with van der Waals surface area (Å²) in [5.41, 5.74) is -0.704. The van der Waals surface area contributed by atoms with Gasteiger partial charge in [-0.3, -0.25) is 4.79 Å². The third-order valence-electron chi connectivity index (χ3n) is 6.20. The van der Waals surface area contributed by atoms with Crippen LogP contribution in [0.15, 0.2) is 47.3 Å². The molecule has 0 saturated carbocycles. The Morgan fingerprint density at radius 2 is 1.34 bits per heavy atom. The van der Waals surface area contributed by atoms with Crippen molar-refractivity contribution in [1.82, 2.24) is 0 Å². The average Bonchev–Trinajstić information content (AvgIpc) is 2.97. The Kier molecular flexibility index (Phi) is 5.52. The highest BCUT2D eigenvalue weighted by Crippen LogP contribution is 2.47. The molecule has 12 nitrogen and oxygen atoms in total. The largest absolute Gasteiger partial charge is 0.508 e. The number of hydrogen-bond donors (Lipinski definition) is 9.